The van der Waals surface area contributed by atoms with Gasteiger partial charge >= 0.3 is 0 Å². The van der Waals surface area contributed by atoms with Crippen LogP contribution in [0, 0.1) is 0 Å². The molecule has 0 fully saturated rings. The Balaban J connectivity index is 1.78. The van der Waals surface area contributed by atoms with E-state index in [0.29, 0.717) is 22.6 Å². The Labute approximate surface area is 145 Å². The molecular weight excluding hydrogens is 324 g/mol. The normalized spacial score (nSPS) is 12.0. The van der Waals surface area contributed by atoms with E-state index in [4.69, 9.17) is 13.9 Å². The molecule has 1 atom stereocenters. The van der Waals surface area contributed by atoms with E-state index < -0.39 is 0 Å². The number of hydrogen-bond acceptors (Lipinski definition) is 6. The standard InChI is InChI=1S/C18H18N2O3S/c1-12(13-7-5-4-6-8-13)24-18-20-19-17(23-18)14-9-10-15(21-2)16(11-14)22-3/h4-12H,1-3H3. The lowest BCUT2D eigenvalue weighted by Crippen LogP contribution is -1.90. The Morgan fingerprint density at radius 2 is 1.71 bits per heavy atom. The number of hydrogen-bond donors (Lipinski definition) is 0. The van der Waals surface area contributed by atoms with Crippen molar-refractivity contribution in [3.8, 4) is 23.0 Å². The summed E-state index contributed by atoms with van der Waals surface area (Å²) in [5.41, 5.74) is 2.01. The highest BCUT2D eigenvalue weighted by molar-refractivity contribution is 7.99. The second-order valence-corrected chi connectivity index (χ2v) is 6.41. The van der Waals surface area contributed by atoms with E-state index >= 15 is 0 Å². The van der Waals surface area contributed by atoms with Gasteiger partial charge in [-0.3, -0.25) is 0 Å². The van der Waals surface area contributed by atoms with Gasteiger partial charge in [-0.1, -0.05) is 42.1 Å². The van der Waals surface area contributed by atoms with Crippen LogP contribution in [-0.4, -0.2) is 24.4 Å². The van der Waals surface area contributed by atoms with E-state index in [-0.39, 0.29) is 5.25 Å². The van der Waals surface area contributed by atoms with Crippen LogP contribution in [0.3, 0.4) is 0 Å². The van der Waals surface area contributed by atoms with Crippen molar-refractivity contribution < 1.29 is 13.9 Å². The molecule has 124 valence electrons. The monoisotopic (exact) mass is 342 g/mol. The van der Waals surface area contributed by atoms with Crippen LogP contribution in [0.4, 0.5) is 0 Å². The molecule has 6 heteroatoms. The topological polar surface area (TPSA) is 57.4 Å². The number of benzene rings is 2. The molecule has 0 saturated carbocycles. The molecule has 1 unspecified atom stereocenters. The van der Waals surface area contributed by atoms with Gasteiger partial charge in [0.25, 0.3) is 5.22 Å². The van der Waals surface area contributed by atoms with Crippen LogP contribution in [0.5, 0.6) is 11.5 Å². The van der Waals surface area contributed by atoms with Crippen molar-refractivity contribution in [3.63, 3.8) is 0 Å². The number of ether oxygens (including phenoxy) is 2. The van der Waals surface area contributed by atoms with Crippen molar-refractivity contribution in [2.24, 2.45) is 0 Å². The molecule has 0 aliphatic rings. The molecule has 0 bridgehead atoms. The van der Waals surface area contributed by atoms with Crippen molar-refractivity contribution >= 4 is 11.8 Å². The van der Waals surface area contributed by atoms with Crippen molar-refractivity contribution in [2.75, 3.05) is 14.2 Å². The number of rotatable bonds is 6. The van der Waals surface area contributed by atoms with Crippen LogP contribution in [0.2, 0.25) is 0 Å². The zero-order valence-corrected chi connectivity index (χ0v) is 14.5. The smallest absolute Gasteiger partial charge is 0.277 e. The van der Waals surface area contributed by atoms with E-state index in [2.05, 4.69) is 29.3 Å². The fraction of sp³-hybridized carbons (Fsp3) is 0.222. The lowest BCUT2D eigenvalue weighted by molar-refractivity contribution is 0.355. The first-order valence-electron chi connectivity index (χ1n) is 7.48. The molecule has 0 aliphatic carbocycles. The van der Waals surface area contributed by atoms with Crippen LogP contribution >= 0.6 is 11.8 Å². The third-order valence-corrected chi connectivity index (χ3v) is 4.58. The molecule has 0 aliphatic heterocycles. The molecule has 1 heterocycles. The first kappa shape index (κ1) is 16.4. The summed E-state index contributed by atoms with van der Waals surface area (Å²) in [4.78, 5) is 0. The SMILES string of the molecule is COc1ccc(-c2nnc(SC(C)c3ccccc3)o2)cc1OC. The maximum absolute atomic E-state index is 5.78. The molecule has 1 aromatic heterocycles. The average Bonchev–Trinajstić information content (AvgIpc) is 3.10. The summed E-state index contributed by atoms with van der Waals surface area (Å²) in [5, 5.41) is 9.03. The predicted octanol–water partition coefficient (Wildman–Crippen LogP) is 4.61. The largest absolute Gasteiger partial charge is 0.493 e. The van der Waals surface area contributed by atoms with Gasteiger partial charge in [0.15, 0.2) is 11.5 Å². The molecule has 0 amide bonds. The Hall–Kier alpha value is -2.47. The molecule has 3 rings (SSSR count). The third kappa shape index (κ3) is 3.54. The van der Waals surface area contributed by atoms with E-state index in [1.54, 1.807) is 14.2 Å². The van der Waals surface area contributed by atoms with E-state index in [0.717, 1.165) is 5.56 Å². The maximum atomic E-state index is 5.78. The Bertz CT molecular complexity index is 805. The second kappa shape index (κ2) is 7.40. The van der Waals surface area contributed by atoms with Crippen LogP contribution in [0.15, 0.2) is 58.2 Å². The predicted molar refractivity (Wildman–Crippen MR) is 93.6 cm³/mol. The molecule has 24 heavy (non-hydrogen) atoms. The number of aromatic nitrogens is 2. The second-order valence-electron chi connectivity index (χ2n) is 5.11. The fourth-order valence-electron chi connectivity index (χ4n) is 2.29. The van der Waals surface area contributed by atoms with Gasteiger partial charge < -0.3 is 13.9 Å². The highest BCUT2D eigenvalue weighted by atomic mass is 32.2. The minimum absolute atomic E-state index is 0.227. The van der Waals surface area contributed by atoms with E-state index in [9.17, 15) is 0 Å². The van der Waals surface area contributed by atoms with Gasteiger partial charge in [0.05, 0.1) is 14.2 Å². The number of nitrogens with zero attached hydrogens (tertiary/aromatic N) is 2. The molecule has 5 nitrogen and oxygen atoms in total. The summed E-state index contributed by atoms with van der Waals surface area (Å²) in [6, 6.07) is 15.7. The highest BCUT2D eigenvalue weighted by Crippen LogP contribution is 2.36. The van der Waals surface area contributed by atoms with Crippen LogP contribution in [-0.2, 0) is 0 Å². The summed E-state index contributed by atoms with van der Waals surface area (Å²) in [7, 11) is 3.20. The summed E-state index contributed by atoms with van der Waals surface area (Å²) in [6.45, 7) is 2.11. The maximum Gasteiger partial charge on any atom is 0.277 e. The van der Waals surface area contributed by atoms with Gasteiger partial charge in [0.1, 0.15) is 0 Å². The van der Waals surface area contributed by atoms with Crippen LogP contribution in [0.25, 0.3) is 11.5 Å². The fourth-order valence-corrected chi connectivity index (χ4v) is 3.10. The van der Waals surface area contributed by atoms with Crippen molar-refractivity contribution in [2.45, 2.75) is 17.4 Å². The zero-order valence-electron chi connectivity index (χ0n) is 13.7. The number of thioether (sulfide) groups is 1. The zero-order chi connectivity index (χ0) is 16.9. The van der Waals surface area contributed by atoms with E-state index in [1.807, 2.05) is 36.4 Å². The molecular formula is C18H18N2O3S. The summed E-state index contributed by atoms with van der Waals surface area (Å²) < 4.78 is 16.3. The highest BCUT2D eigenvalue weighted by Gasteiger charge is 2.15. The summed E-state index contributed by atoms with van der Waals surface area (Å²) in [6.07, 6.45) is 0. The van der Waals surface area contributed by atoms with Crippen molar-refractivity contribution in [1.82, 2.24) is 10.2 Å². The van der Waals surface area contributed by atoms with Crippen LogP contribution < -0.4 is 9.47 Å². The molecule has 2 aromatic carbocycles. The first-order chi connectivity index (χ1) is 11.7. The van der Waals surface area contributed by atoms with Crippen LogP contribution in [0.1, 0.15) is 17.7 Å². The van der Waals surface area contributed by atoms with Crippen molar-refractivity contribution in [3.05, 3.63) is 54.1 Å². The minimum atomic E-state index is 0.227. The van der Waals surface area contributed by atoms with Gasteiger partial charge in [-0.05, 0) is 30.7 Å². The Kier molecular flexibility index (Phi) is 5.05. The lowest BCUT2D eigenvalue weighted by Gasteiger charge is -2.08. The molecule has 0 N–H and O–H groups in total. The number of methoxy groups -OCH3 is 2. The molecule has 3 aromatic rings. The van der Waals surface area contributed by atoms with Gasteiger partial charge in [0.2, 0.25) is 5.89 Å². The summed E-state index contributed by atoms with van der Waals surface area (Å²) in [5.74, 6) is 1.74. The first-order valence-corrected chi connectivity index (χ1v) is 8.36. The molecule has 0 saturated heterocycles. The average molecular weight is 342 g/mol. The Morgan fingerprint density at radius 1 is 0.958 bits per heavy atom. The lowest BCUT2D eigenvalue weighted by atomic mass is 10.2. The van der Waals surface area contributed by atoms with Gasteiger partial charge in [-0.25, -0.2) is 0 Å². The van der Waals surface area contributed by atoms with E-state index in [1.165, 1.54) is 17.3 Å². The summed E-state index contributed by atoms with van der Waals surface area (Å²) >= 11 is 1.53. The van der Waals surface area contributed by atoms with Gasteiger partial charge in [-0.15, -0.1) is 10.2 Å². The molecule has 0 radical (unpaired) electrons. The third-order valence-electron chi connectivity index (χ3n) is 3.58. The van der Waals surface area contributed by atoms with Gasteiger partial charge in [-0.2, -0.15) is 0 Å². The molecule has 0 spiro atoms. The minimum Gasteiger partial charge on any atom is -0.493 e. The van der Waals surface area contributed by atoms with Gasteiger partial charge in [0, 0.05) is 10.8 Å². The Morgan fingerprint density at radius 3 is 2.42 bits per heavy atom. The van der Waals surface area contributed by atoms with Crippen molar-refractivity contribution in [1.29, 1.82) is 0 Å². The quantitative estimate of drug-likeness (QED) is 0.610.